The molecule has 5 nitrogen and oxygen atoms in total. The van der Waals surface area contributed by atoms with E-state index in [1.807, 2.05) is 6.92 Å². The van der Waals surface area contributed by atoms with Crippen molar-refractivity contribution in [1.82, 2.24) is 19.9 Å². The second-order valence-electron chi connectivity index (χ2n) is 10.4. The molecule has 2 aromatic heterocycles. The zero-order valence-electron chi connectivity index (χ0n) is 18.6. The summed E-state index contributed by atoms with van der Waals surface area (Å²) in [6, 6.07) is 1.73. The third-order valence-corrected chi connectivity index (χ3v) is 8.00. The molecule has 6 rings (SSSR count). The summed E-state index contributed by atoms with van der Waals surface area (Å²) in [6.07, 6.45) is 1.93. The summed E-state index contributed by atoms with van der Waals surface area (Å²) in [7, 11) is 0. The van der Waals surface area contributed by atoms with E-state index in [-0.39, 0.29) is 28.5 Å². The van der Waals surface area contributed by atoms with Gasteiger partial charge in [-0.25, -0.2) is 9.50 Å². The molecule has 1 amide bonds. The number of hydrogen-bond donors (Lipinski definition) is 1. The highest BCUT2D eigenvalue weighted by molar-refractivity contribution is 5.93. The van der Waals surface area contributed by atoms with Crippen molar-refractivity contribution in [2.24, 2.45) is 23.2 Å². The number of aryl methyl sites for hydroxylation is 1. The molecular formula is C23H27F5N4O. The first-order valence-corrected chi connectivity index (χ1v) is 11.5. The summed E-state index contributed by atoms with van der Waals surface area (Å²) < 4.78 is 67.8. The van der Waals surface area contributed by atoms with Gasteiger partial charge in [0.2, 0.25) is 0 Å². The molecule has 1 atom stereocenters. The highest BCUT2D eigenvalue weighted by atomic mass is 19.4. The number of rotatable bonds is 5. The molecule has 0 aromatic carbocycles. The molecule has 0 radical (unpaired) electrons. The average molecular weight is 470 g/mol. The molecule has 1 unspecified atom stereocenters. The highest BCUT2D eigenvalue weighted by Crippen LogP contribution is 2.61. The van der Waals surface area contributed by atoms with Crippen LogP contribution in [0.15, 0.2) is 12.1 Å². The normalized spacial score (nSPS) is 30.1. The van der Waals surface area contributed by atoms with Crippen molar-refractivity contribution in [2.45, 2.75) is 76.9 Å². The fourth-order valence-corrected chi connectivity index (χ4v) is 7.10. The van der Waals surface area contributed by atoms with Gasteiger partial charge in [-0.2, -0.15) is 27.1 Å². The average Bonchev–Trinajstić information content (AvgIpc) is 3.13. The summed E-state index contributed by atoms with van der Waals surface area (Å²) >= 11 is 0. The lowest BCUT2D eigenvalue weighted by atomic mass is 9.47. The number of amides is 1. The Morgan fingerprint density at radius 1 is 1.12 bits per heavy atom. The summed E-state index contributed by atoms with van der Waals surface area (Å²) in [5.74, 6) is -3.63. The Bertz CT molecular complexity index is 1060. The molecule has 2 aromatic rings. The van der Waals surface area contributed by atoms with Crippen LogP contribution < -0.4 is 5.32 Å². The lowest BCUT2D eigenvalue weighted by Crippen LogP contribution is -2.56. The maximum atomic E-state index is 14.2. The molecule has 4 bridgehead atoms. The monoisotopic (exact) mass is 470 g/mol. The van der Waals surface area contributed by atoms with E-state index in [0.717, 1.165) is 25.7 Å². The summed E-state index contributed by atoms with van der Waals surface area (Å²) in [4.78, 5) is 17.1. The van der Waals surface area contributed by atoms with E-state index in [2.05, 4.69) is 15.4 Å². The first-order valence-electron chi connectivity index (χ1n) is 11.5. The molecule has 10 heteroatoms. The maximum Gasteiger partial charge on any atom is 0.459 e. The zero-order valence-corrected chi connectivity index (χ0v) is 18.6. The number of nitrogens with zero attached hydrogens (tertiary/aromatic N) is 3. The third-order valence-electron chi connectivity index (χ3n) is 8.00. The second kappa shape index (κ2) is 7.37. The number of hydrogen-bond acceptors (Lipinski definition) is 3. The number of carbonyl (C=O) groups is 1. The number of alkyl halides is 5. The Hall–Kier alpha value is -2.26. The van der Waals surface area contributed by atoms with Gasteiger partial charge in [0.15, 0.2) is 11.3 Å². The minimum atomic E-state index is -5.80. The molecular weight excluding hydrogens is 443 g/mol. The van der Waals surface area contributed by atoms with E-state index in [9.17, 15) is 26.7 Å². The van der Waals surface area contributed by atoms with Gasteiger partial charge in [-0.15, -0.1) is 0 Å². The van der Waals surface area contributed by atoms with Crippen LogP contribution in [0.1, 0.15) is 73.7 Å². The van der Waals surface area contributed by atoms with Gasteiger partial charge in [0, 0.05) is 17.8 Å². The van der Waals surface area contributed by atoms with E-state index in [4.69, 9.17) is 0 Å². The molecule has 4 aliphatic rings. The van der Waals surface area contributed by atoms with Gasteiger partial charge in [0.05, 0.1) is 0 Å². The Morgan fingerprint density at radius 2 is 1.70 bits per heavy atom. The van der Waals surface area contributed by atoms with Gasteiger partial charge in [-0.1, -0.05) is 6.92 Å². The van der Waals surface area contributed by atoms with E-state index in [0.29, 0.717) is 28.3 Å². The maximum absolute atomic E-state index is 14.2. The van der Waals surface area contributed by atoms with Crippen LogP contribution in [0.25, 0.3) is 5.65 Å². The standard InChI is InChI=1S/C23H27F5N4O/c1-3-17(21-9-13-5-14(10-21)7-15(6-13)11-21)30-20(33)16-8-19-29-12(2)4-18(32(19)31-16)22(24,25)23(26,27)28/h4,8,13-15,17H,3,5-7,9-11H2,1-2H3,(H,30,33). The summed E-state index contributed by atoms with van der Waals surface area (Å²) in [6.45, 7) is 3.34. The van der Waals surface area contributed by atoms with Crippen LogP contribution in [0.3, 0.4) is 0 Å². The Balaban J connectivity index is 1.45. The topological polar surface area (TPSA) is 59.3 Å². The lowest BCUT2D eigenvalue weighted by Gasteiger charge is -2.59. The predicted octanol–water partition coefficient (Wildman–Crippen LogP) is 5.42. The Labute approximate surface area is 188 Å². The number of fused-ring (bicyclic) bond motifs is 1. The summed E-state index contributed by atoms with van der Waals surface area (Å²) in [5, 5.41) is 6.88. The number of nitrogens with one attached hydrogen (secondary N) is 1. The molecule has 33 heavy (non-hydrogen) atoms. The van der Waals surface area contributed by atoms with Crippen LogP contribution >= 0.6 is 0 Å². The summed E-state index contributed by atoms with van der Waals surface area (Å²) in [5.41, 5.74) is -1.78. The predicted molar refractivity (Wildman–Crippen MR) is 110 cm³/mol. The number of halogens is 5. The minimum absolute atomic E-state index is 0.0201. The van der Waals surface area contributed by atoms with Crippen molar-refractivity contribution < 1.29 is 26.7 Å². The molecule has 0 saturated heterocycles. The lowest BCUT2D eigenvalue weighted by molar-refractivity contribution is -0.291. The van der Waals surface area contributed by atoms with Gasteiger partial charge >= 0.3 is 12.1 Å². The molecule has 4 fully saturated rings. The van der Waals surface area contributed by atoms with Gasteiger partial charge in [-0.3, -0.25) is 4.79 Å². The fourth-order valence-electron chi connectivity index (χ4n) is 7.10. The molecule has 4 aliphatic carbocycles. The highest BCUT2D eigenvalue weighted by Gasteiger charge is 2.60. The van der Waals surface area contributed by atoms with Crippen LogP contribution in [0.5, 0.6) is 0 Å². The first kappa shape index (κ1) is 22.5. The Morgan fingerprint density at radius 3 is 2.21 bits per heavy atom. The van der Waals surface area contributed by atoms with Crippen LogP contribution in [0.4, 0.5) is 22.0 Å². The molecule has 4 saturated carbocycles. The van der Waals surface area contributed by atoms with Gasteiger partial charge < -0.3 is 5.32 Å². The van der Waals surface area contributed by atoms with Crippen LogP contribution in [0, 0.1) is 30.1 Å². The van der Waals surface area contributed by atoms with Crippen molar-refractivity contribution >= 4 is 11.6 Å². The molecule has 0 aliphatic heterocycles. The first-order chi connectivity index (χ1) is 15.4. The number of aromatic nitrogens is 3. The van der Waals surface area contributed by atoms with Gasteiger partial charge in [-0.05, 0) is 81.1 Å². The fraction of sp³-hybridized carbons (Fsp3) is 0.696. The largest absolute Gasteiger partial charge is 0.459 e. The van der Waals surface area contributed by atoms with Crippen molar-refractivity contribution in [3.05, 3.63) is 29.2 Å². The second-order valence-corrected chi connectivity index (χ2v) is 10.4. The van der Waals surface area contributed by atoms with E-state index >= 15 is 0 Å². The van der Waals surface area contributed by atoms with Crippen LogP contribution in [-0.2, 0) is 5.92 Å². The quantitative estimate of drug-likeness (QED) is 0.594. The van der Waals surface area contributed by atoms with Gasteiger partial charge in [0.1, 0.15) is 5.69 Å². The minimum Gasteiger partial charge on any atom is -0.347 e. The molecule has 1 N–H and O–H groups in total. The van der Waals surface area contributed by atoms with Crippen molar-refractivity contribution in [3.63, 3.8) is 0 Å². The molecule has 180 valence electrons. The van der Waals surface area contributed by atoms with E-state index < -0.39 is 23.7 Å². The van der Waals surface area contributed by atoms with E-state index in [1.165, 1.54) is 32.3 Å². The SMILES string of the molecule is CCC(NC(=O)c1cc2nc(C)cc(C(F)(F)C(F)(F)F)n2n1)C12CC3CC(CC(C3)C1)C2. The molecule has 0 spiro atoms. The number of carbonyl (C=O) groups excluding carboxylic acids is 1. The molecule has 2 heterocycles. The van der Waals surface area contributed by atoms with Crippen molar-refractivity contribution in [2.75, 3.05) is 0 Å². The van der Waals surface area contributed by atoms with E-state index in [1.54, 1.807) is 0 Å². The van der Waals surface area contributed by atoms with Crippen LogP contribution in [0.2, 0.25) is 0 Å². The van der Waals surface area contributed by atoms with Crippen molar-refractivity contribution in [1.29, 1.82) is 0 Å². The smallest absolute Gasteiger partial charge is 0.347 e. The van der Waals surface area contributed by atoms with Gasteiger partial charge in [0.25, 0.3) is 5.91 Å². The third kappa shape index (κ3) is 3.60. The van der Waals surface area contributed by atoms with Crippen LogP contribution in [-0.4, -0.2) is 32.7 Å². The van der Waals surface area contributed by atoms with Crippen molar-refractivity contribution in [3.8, 4) is 0 Å². The Kier molecular flexibility index (Phi) is 5.03. The zero-order chi connectivity index (χ0) is 23.8.